The van der Waals surface area contributed by atoms with E-state index in [9.17, 15) is 4.39 Å². The highest BCUT2D eigenvalue weighted by Gasteiger charge is 2.34. The number of methoxy groups -OCH3 is 1. The van der Waals surface area contributed by atoms with E-state index < -0.39 is 0 Å². The predicted octanol–water partition coefficient (Wildman–Crippen LogP) is 3.13. The fourth-order valence-corrected chi connectivity index (χ4v) is 2.21. The third-order valence-electron chi connectivity index (χ3n) is 3.50. The Morgan fingerprint density at radius 1 is 1.30 bits per heavy atom. The molecule has 5 heteroatoms. The zero-order valence-corrected chi connectivity index (χ0v) is 11.9. The summed E-state index contributed by atoms with van der Waals surface area (Å²) in [6.45, 7) is 0. The lowest BCUT2D eigenvalue weighted by atomic mass is 10.1. The van der Waals surface area contributed by atoms with Gasteiger partial charge >= 0.3 is 0 Å². The Labute approximate surface area is 123 Å². The molecule has 1 aliphatic carbocycles. The highest BCUT2D eigenvalue weighted by molar-refractivity contribution is 5.85. The summed E-state index contributed by atoms with van der Waals surface area (Å²) in [7, 11) is 1.45. The number of benzene rings is 1. The van der Waals surface area contributed by atoms with Gasteiger partial charge in [-0.3, -0.25) is 4.98 Å². The molecule has 1 aromatic heterocycles. The van der Waals surface area contributed by atoms with Gasteiger partial charge in [0.05, 0.1) is 12.8 Å². The number of rotatable bonds is 3. The van der Waals surface area contributed by atoms with Crippen molar-refractivity contribution in [2.75, 3.05) is 7.11 Å². The lowest BCUT2D eigenvalue weighted by Gasteiger charge is -2.06. The van der Waals surface area contributed by atoms with Crippen molar-refractivity contribution < 1.29 is 9.13 Å². The van der Waals surface area contributed by atoms with Crippen LogP contribution in [0.4, 0.5) is 4.39 Å². The minimum absolute atomic E-state index is 0. The average Bonchev–Trinajstić information content (AvgIpc) is 3.17. The van der Waals surface area contributed by atoms with Gasteiger partial charge in [-0.2, -0.15) is 0 Å². The van der Waals surface area contributed by atoms with Gasteiger partial charge in [0.15, 0.2) is 11.6 Å². The first-order valence-corrected chi connectivity index (χ1v) is 6.24. The molecule has 106 valence electrons. The van der Waals surface area contributed by atoms with Gasteiger partial charge in [0.2, 0.25) is 0 Å². The summed E-state index contributed by atoms with van der Waals surface area (Å²) in [6.07, 6.45) is 2.88. The summed E-state index contributed by atoms with van der Waals surface area (Å²) in [5.41, 5.74) is 8.63. The van der Waals surface area contributed by atoms with Gasteiger partial charge in [-0.25, -0.2) is 4.39 Å². The standard InChI is InChI=1S/C15H15FN2O.ClH/c1-19-15-6-9(2-4-12(15)16)14-5-3-10(8-18-14)11-7-13(11)17;/h2-6,8,11,13H,7,17H2,1H3;1H/t11-,13+;/m1./s1. The molecule has 1 aliphatic rings. The van der Waals surface area contributed by atoms with Gasteiger partial charge in [0, 0.05) is 23.7 Å². The number of ether oxygens (including phenoxy) is 1. The maximum absolute atomic E-state index is 13.3. The Morgan fingerprint density at radius 3 is 2.60 bits per heavy atom. The van der Waals surface area contributed by atoms with Crippen LogP contribution in [0.15, 0.2) is 36.5 Å². The summed E-state index contributed by atoms with van der Waals surface area (Å²) in [6, 6.07) is 8.99. The summed E-state index contributed by atoms with van der Waals surface area (Å²) >= 11 is 0. The molecule has 3 rings (SSSR count). The second kappa shape index (κ2) is 5.77. The van der Waals surface area contributed by atoms with Gasteiger partial charge in [0.25, 0.3) is 0 Å². The first-order valence-electron chi connectivity index (χ1n) is 6.24. The Kier molecular flexibility index (Phi) is 4.26. The Bertz CT molecular complexity index is 603. The summed E-state index contributed by atoms with van der Waals surface area (Å²) in [5.74, 6) is 0.309. The van der Waals surface area contributed by atoms with Crippen LogP contribution >= 0.6 is 12.4 Å². The Balaban J connectivity index is 0.00000147. The van der Waals surface area contributed by atoms with Gasteiger partial charge < -0.3 is 10.5 Å². The van der Waals surface area contributed by atoms with Crippen LogP contribution in [-0.4, -0.2) is 18.1 Å². The predicted molar refractivity (Wildman–Crippen MR) is 78.8 cm³/mol. The third kappa shape index (κ3) is 2.76. The van der Waals surface area contributed by atoms with Crippen LogP contribution in [0, 0.1) is 5.82 Å². The second-order valence-electron chi connectivity index (χ2n) is 4.83. The van der Waals surface area contributed by atoms with E-state index in [1.165, 1.54) is 18.7 Å². The number of pyridine rings is 1. The normalized spacial score (nSPS) is 20.1. The van der Waals surface area contributed by atoms with Crippen molar-refractivity contribution in [3.8, 4) is 17.0 Å². The molecule has 0 bridgehead atoms. The van der Waals surface area contributed by atoms with Gasteiger partial charge in [-0.05, 0) is 36.2 Å². The molecule has 0 saturated heterocycles. The number of hydrogen-bond acceptors (Lipinski definition) is 3. The van der Waals surface area contributed by atoms with Crippen molar-refractivity contribution >= 4 is 12.4 Å². The quantitative estimate of drug-likeness (QED) is 0.946. The monoisotopic (exact) mass is 294 g/mol. The van der Waals surface area contributed by atoms with E-state index in [0.717, 1.165) is 17.7 Å². The smallest absolute Gasteiger partial charge is 0.165 e. The number of halogens is 2. The van der Waals surface area contributed by atoms with E-state index >= 15 is 0 Å². The van der Waals surface area contributed by atoms with Crippen LogP contribution in [0.1, 0.15) is 17.9 Å². The lowest BCUT2D eigenvalue weighted by Crippen LogP contribution is -2.01. The van der Waals surface area contributed by atoms with Crippen molar-refractivity contribution in [2.24, 2.45) is 5.73 Å². The first kappa shape index (κ1) is 14.8. The molecule has 0 spiro atoms. The van der Waals surface area contributed by atoms with E-state index in [2.05, 4.69) is 4.98 Å². The van der Waals surface area contributed by atoms with E-state index in [4.69, 9.17) is 10.5 Å². The molecule has 1 fully saturated rings. The minimum atomic E-state index is -0.369. The Hall–Kier alpha value is -1.65. The van der Waals surface area contributed by atoms with Gasteiger partial charge in [-0.15, -0.1) is 12.4 Å². The molecule has 0 radical (unpaired) electrons. The fraction of sp³-hybridized carbons (Fsp3) is 0.267. The van der Waals surface area contributed by atoms with Crippen LogP contribution in [0.25, 0.3) is 11.3 Å². The van der Waals surface area contributed by atoms with E-state index in [-0.39, 0.29) is 30.0 Å². The summed E-state index contributed by atoms with van der Waals surface area (Å²) in [5, 5.41) is 0. The molecule has 2 aromatic rings. The fourth-order valence-electron chi connectivity index (χ4n) is 2.21. The topological polar surface area (TPSA) is 48.1 Å². The number of aromatic nitrogens is 1. The van der Waals surface area contributed by atoms with E-state index in [1.54, 1.807) is 12.1 Å². The minimum Gasteiger partial charge on any atom is -0.494 e. The average molecular weight is 295 g/mol. The molecule has 3 nitrogen and oxygen atoms in total. The Morgan fingerprint density at radius 2 is 2.05 bits per heavy atom. The molecular weight excluding hydrogens is 279 g/mol. The molecule has 20 heavy (non-hydrogen) atoms. The summed E-state index contributed by atoms with van der Waals surface area (Å²) < 4.78 is 18.3. The SMILES string of the molecule is COc1cc(-c2ccc([C@H]3C[C@@H]3N)cn2)ccc1F.Cl. The van der Waals surface area contributed by atoms with Crippen LogP contribution in [0.2, 0.25) is 0 Å². The third-order valence-corrected chi connectivity index (χ3v) is 3.50. The molecule has 0 unspecified atom stereocenters. The number of hydrogen-bond donors (Lipinski definition) is 1. The molecule has 1 heterocycles. The molecular formula is C15H16ClFN2O. The zero-order valence-electron chi connectivity index (χ0n) is 11.0. The molecule has 2 atom stereocenters. The molecule has 0 amide bonds. The number of nitrogens with two attached hydrogens (primary N) is 1. The van der Waals surface area contributed by atoms with Crippen LogP contribution in [0.3, 0.4) is 0 Å². The van der Waals surface area contributed by atoms with Crippen molar-refractivity contribution in [1.29, 1.82) is 0 Å². The van der Waals surface area contributed by atoms with Crippen LogP contribution in [0.5, 0.6) is 5.75 Å². The zero-order chi connectivity index (χ0) is 13.4. The van der Waals surface area contributed by atoms with Crippen LogP contribution < -0.4 is 10.5 Å². The van der Waals surface area contributed by atoms with Crippen molar-refractivity contribution in [1.82, 2.24) is 4.98 Å². The second-order valence-corrected chi connectivity index (χ2v) is 4.83. The highest BCUT2D eigenvalue weighted by atomic mass is 35.5. The maximum atomic E-state index is 13.3. The molecule has 1 aromatic carbocycles. The molecule has 1 saturated carbocycles. The highest BCUT2D eigenvalue weighted by Crippen LogP contribution is 2.39. The first-order chi connectivity index (χ1) is 9.19. The molecule has 0 aliphatic heterocycles. The van der Waals surface area contributed by atoms with Gasteiger partial charge in [0.1, 0.15) is 0 Å². The summed E-state index contributed by atoms with van der Waals surface area (Å²) in [4.78, 5) is 4.42. The number of nitrogens with zero attached hydrogens (tertiary/aromatic N) is 1. The van der Waals surface area contributed by atoms with Gasteiger partial charge in [-0.1, -0.05) is 6.07 Å². The lowest BCUT2D eigenvalue weighted by molar-refractivity contribution is 0.387. The maximum Gasteiger partial charge on any atom is 0.165 e. The largest absolute Gasteiger partial charge is 0.494 e. The van der Waals surface area contributed by atoms with Crippen molar-refractivity contribution in [3.05, 3.63) is 47.9 Å². The van der Waals surface area contributed by atoms with E-state index in [1.807, 2.05) is 18.3 Å². The van der Waals surface area contributed by atoms with Crippen LogP contribution in [-0.2, 0) is 0 Å². The van der Waals surface area contributed by atoms with Crippen molar-refractivity contribution in [3.63, 3.8) is 0 Å². The van der Waals surface area contributed by atoms with Crippen molar-refractivity contribution in [2.45, 2.75) is 18.4 Å². The molecule has 2 N–H and O–H groups in total. The van der Waals surface area contributed by atoms with E-state index in [0.29, 0.717) is 5.92 Å².